The van der Waals surface area contributed by atoms with E-state index >= 15 is 0 Å². The van der Waals surface area contributed by atoms with Gasteiger partial charge in [-0.15, -0.1) is 0 Å². The largest absolute Gasteiger partial charge is 0.487 e. The second-order valence-corrected chi connectivity index (χ2v) is 3.50. The quantitative estimate of drug-likeness (QED) is 0.714. The van der Waals surface area contributed by atoms with Crippen molar-refractivity contribution in [3.63, 3.8) is 0 Å². The van der Waals surface area contributed by atoms with Crippen LogP contribution >= 0.6 is 0 Å². The van der Waals surface area contributed by atoms with E-state index < -0.39 is 6.10 Å². The second kappa shape index (κ2) is 3.04. The third kappa shape index (κ3) is 1.22. The Morgan fingerprint density at radius 1 is 1.46 bits per heavy atom. The zero-order valence-corrected chi connectivity index (χ0v) is 7.95. The van der Waals surface area contributed by atoms with Gasteiger partial charge in [0, 0.05) is 5.56 Å². The Labute approximate surface area is 78.2 Å². The highest BCUT2D eigenvalue weighted by molar-refractivity contribution is 5.45. The van der Waals surface area contributed by atoms with Crippen molar-refractivity contribution in [2.45, 2.75) is 32.5 Å². The van der Waals surface area contributed by atoms with Crippen molar-refractivity contribution in [1.82, 2.24) is 0 Å². The van der Waals surface area contributed by atoms with Gasteiger partial charge in [0.1, 0.15) is 18.0 Å². The van der Waals surface area contributed by atoms with Crippen LogP contribution in [0.25, 0.3) is 0 Å². The molecule has 1 aromatic rings. The molecule has 0 fully saturated rings. The molecule has 1 aliphatic heterocycles. The zero-order valence-electron chi connectivity index (χ0n) is 7.95. The van der Waals surface area contributed by atoms with Crippen molar-refractivity contribution in [2.24, 2.45) is 0 Å². The van der Waals surface area contributed by atoms with E-state index in [1.807, 2.05) is 32.0 Å². The fourth-order valence-corrected chi connectivity index (χ4v) is 1.79. The van der Waals surface area contributed by atoms with Crippen molar-refractivity contribution in [3.8, 4) is 5.75 Å². The fraction of sp³-hybridized carbons (Fsp3) is 0.455. The van der Waals surface area contributed by atoms with E-state index in [4.69, 9.17) is 4.74 Å². The van der Waals surface area contributed by atoms with Crippen LogP contribution in [0.4, 0.5) is 0 Å². The maximum Gasteiger partial charge on any atom is 0.129 e. The SMILES string of the molecule is CCC1Oc2c(C)cccc2C1O. The van der Waals surface area contributed by atoms with Gasteiger partial charge in [-0.3, -0.25) is 0 Å². The molecule has 0 radical (unpaired) electrons. The highest BCUT2D eigenvalue weighted by Gasteiger charge is 2.31. The molecular formula is C11H14O2. The van der Waals surface area contributed by atoms with Crippen molar-refractivity contribution in [3.05, 3.63) is 29.3 Å². The minimum Gasteiger partial charge on any atom is -0.487 e. The molecule has 2 rings (SSSR count). The predicted octanol–water partition coefficient (Wildman–Crippen LogP) is 2.20. The number of fused-ring (bicyclic) bond motifs is 1. The summed E-state index contributed by atoms with van der Waals surface area (Å²) in [6, 6.07) is 5.89. The number of hydrogen-bond donors (Lipinski definition) is 1. The highest BCUT2D eigenvalue weighted by Crippen LogP contribution is 2.39. The van der Waals surface area contributed by atoms with Crippen LogP contribution in [-0.2, 0) is 0 Å². The number of ether oxygens (including phenoxy) is 1. The number of rotatable bonds is 1. The van der Waals surface area contributed by atoms with E-state index in [1.165, 1.54) is 0 Å². The van der Waals surface area contributed by atoms with Gasteiger partial charge in [-0.05, 0) is 18.9 Å². The molecule has 1 aliphatic rings. The maximum absolute atomic E-state index is 9.84. The maximum atomic E-state index is 9.84. The molecule has 13 heavy (non-hydrogen) atoms. The number of hydrogen-bond acceptors (Lipinski definition) is 2. The van der Waals surface area contributed by atoms with E-state index in [0.717, 1.165) is 23.3 Å². The van der Waals surface area contributed by atoms with Crippen LogP contribution in [-0.4, -0.2) is 11.2 Å². The molecule has 1 heterocycles. The smallest absolute Gasteiger partial charge is 0.129 e. The lowest BCUT2D eigenvalue weighted by atomic mass is 10.0. The Kier molecular flexibility index (Phi) is 2.00. The summed E-state index contributed by atoms with van der Waals surface area (Å²) in [6.07, 6.45) is 0.339. The Balaban J connectivity index is 2.43. The predicted molar refractivity (Wildman–Crippen MR) is 50.8 cm³/mol. The van der Waals surface area contributed by atoms with E-state index in [-0.39, 0.29) is 6.10 Å². The molecule has 0 spiro atoms. The van der Waals surface area contributed by atoms with Gasteiger partial charge in [0.2, 0.25) is 0 Å². The molecule has 0 aliphatic carbocycles. The second-order valence-electron chi connectivity index (χ2n) is 3.50. The lowest BCUT2D eigenvalue weighted by molar-refractivity contribution is 0.0651. The highest BCUT2D eigenvalue weighted by atomic mass is 16.5. The van der Waals surface area contributed by atoms with E-state index in [2.05, 4.69) is 0 Å². The molecule has 0 bridgehead atoms. The van der Waals surface area contributed by atoms with Crippen molar-refractivity contribution >= 4 is 0 Å². The number of aliphatic hydroxyl groups is 1. The van der Waals surface area contributed by atoms with Crippen LogP contribution in [0.5, 0.6) is 5.75 Å². The van der Waals surface area contributed by atoms with Gasteiger partial charge in [0.25, 0.3) is 0 Å². The molecule has 2 unspecified atom stereocenters. The van der Waals surface area contributed by atoms with E-state index in [9.17, 15) is 5.11 Å². The van der Waals surface area contributed by atoms with Crippen molar-refractivity contribution < 1.29 is 9.84 Å². The minimum atomic E-state index is -0.445. The normalized spacial score (nSPS) is 25.5. The standard InChI is InChI=1S/C11H14O2/c1-3-9-10(12)8-6-4-5-7(2)11(8)13-9/h4-6,9-10,12H,3H2,1-2H3. The summed E-state index contributed by atoms with van der Waals surface area (Å²) in [6.45, 7) is 4.03. The number of benzene rings is 1. The number of aryl methyl sites for hydroxylation is 1. The molecule has 0 amide bonds. The van der Waals surface area contributed by atoms with Crippen LogP contribution in [0.3, 0.4) is 0 Å². The Morgan fingerprint density at radius 2 is 2.23 bits per heavy atom. The first kappa shape index (κ1) is 8.57. The van der Waals surface area contributed by atoms with Gasteiger partial charge in [-0.1, -0.05) is 25.1 Å². The van der Waals surface area contributed by atoms with Crippen LogP contribution < -0.4 is 4.74 Å². The first-order chi connectivity index (χ1) is 6.24. The number of aliphatic hydroxyl groups excluding tert-OH is 1. The molecule has 1 aromatic carbocycles. The van der Waals surface area contributed by atoms with Crippen LogP contribution in [0.2, 0.25) is 0 Å². The Hall–Kier alpha value is -1.02. The molecule has 1 N–H and O–H groups in total. The monoisotopic (exact) mass is 178 g/mol. The molecule has 2 atom stereocenters. The summed E-state index contributed by atoms with van der Waals surface area (Å²) < 4.78 is 5.65. The topological polar surface area (TPSA) is 29.5 Å². The third-order valence-electron chi connectivity index (χ3n) is 2.58. The summed E-state index contributed by atoms with van der Waals surface area (Å²) in [4.78, 5) is 0. The van der Waals surface area contributed by atoms with Gasteiger partial charge < -0.3 is 9.84 Å². The lowest BCUT2D eigenvalue weighted by Gasteiger charge is -2.11. The van der Waals surface area contributed by atoms with E-state index in [1.54, 1.807) is 0 Å². The van der Waals surface area contributed by atoms with Gasteiger partial charge >= 0.3 is 0 Å². The minimum absolute atomic E-state index is 0.0592. The summed E-state index contributed by atoms with van der Waals surface area (Å²) in [5.41, 5.74) is 2.04. The van der Waals surface area contributed by atoms with Crippen molar-refractivity contribution in [1.29, 1.82) is 0 Å². The summed E-state index contributed by atoms with van der Waals surface area (Å²) >= 11 is 0. The van der Waals surface area contributed by atoms with Gasteiger partial charge in [-0.25, -0.2) is 0 Å². The molecule has 0 saturated carbocycles. The average molecular weight is 178 g/mol. The summed E-state index contributed by atoms with van der Waals surface area (Å²) in [7, 11) is 0. The van der Waals surface area contributed by atoms with Crippen LogP contribution in [0, 0.1) is 6.92 Å². The van der Waals surface area contributed by atoms with Crippen molar-refractivity contribution in [2.75, 3.05) is 0 Å². The molecule has 2 heteroatoms. The Bertz CT molecular complexity index is 320. The van der Waals surface area contributed by atoms with Crippen LogP contribution in [0.1, 0.15) is 30.6 Å². The van der Waals surface area contributed by atoms with Gasteiger partial charge in [0.05, 0.1) is 0 Å². The first-order valence-corrected chi connectivity index (χ1v) is 4.68. The van der Waals surface area contributed by atoms with Gasteiger partial charge in [0.15, 0.2) is 0 Å². The lowest BCUT2D eigenvalue weighted by Crippen LogP contribution is -2.16. The molecular weight excluding hydrogens is 164 g/mol. The molecule has 0 saturated heterocycles. The first-order valence-electron chi connectivity index (χ1n) is 4.68. The summed E-state index contributed by atoms with van der Waals surface area (Å²) in [5.74, 6) is 0.877. The Morgan fingerprint density at radius 3 is 2.85 bits per heavy atom. The van der Waals surface area contributed by atoms with E-state index in [0.29, 0.717) is 0 Å². The number of para-hydroxylation sites is 1. The van der Waals surface area contributed by atoms with Gasteiger partial charge in [-0.2, -0.15) is 0 Å². The molecule has 70 valence electrons. The fourth-order valence-electron chi connectivity index (χ4n) is 1.79. The average Bonchev–Trinajstić information content (AvgIpc) is 2.45. The van der Waals surface area contributed by atoms with Crippen LogP contribution in [0.15, 0.2) is 18.2 Å². The third-order valence-corrected chi connectivity index (χ3v) is 2.58. The molecule has 2 nitrogen and oxygen atoms in total. The molecule has 0 aromatic heterocycles. The summed E-state index contributed by atoms with van der Waals surface area (Å²) in [5, 5.41) is 9.84. The zero-order chi connectivity index (χ0) is 9.42.